The van der Waals surface area contributed by atoms with Gasteiger partial charge in [-0.05, 0) is 42.7 Å². The Kier molecular flexibility index (Phi) is 5.49. The van der Waals surface area contributed by atoms with Crippen LogP contribution in [-0.4, -0.2) is 29.4 Å². The molecular weight excluding hydrogens is 351 g/mol. The molecule has 3 rings (SSSR count). The first-order valence-electron chi connectivity index (χ1n) is 8.66. The summed E-state index contributed by atoms with van der Waals surface area (Å²) in [6, 6.07) is 10.7. The van der Waals surface area contributed by atoms with E-state index in [4.69, 9.17) is 5.11 Å². The summed E-state index contributed by atoms with van der Waals surface area (Å²) in [5.74, 6) is -2.07. The molecule has 2 aromatic rings. The number of halogens is 1. The highest BCUT2D eigenvalue weighted by molar-refractivity contribution is 5.96. The molecule has 0 spiro atoms. The zero-order valence-electron chi connectivity index (χ0n) is 14.6. The van der Waals surface area contributed by atoms with Gasteiger partial charge in [-0.25, -0.2) is 9.18 Å². The monoisotopic (exact) mass is 370 g/mol. The molecule has 0 aromatic heterocycles. The lowest BCUT2D eigenvalue weighted by molar-refractivity contribution is -0.117. The molecule has 27 heavy (non-hydrogen) atoms. The molecule has 1 fully saturated rings. The summed E-state index contributed by atoms with van der Waals surface area (Å²) in [5, 5.41) is 11.8. The average molecular weight is 370 g/mol. The van der Waals surface area contributed by atoms with Crippen LogP contribution in [0.2, 0.25) is 0 Å². The van der Waals surface area contributed by atoms with Gasteiger partial charge in [-0.2, -0.15) is 0 Å². The maximum atomic E-state index is 14.3. The van der Waals surface area contributed by atoms with Crippen molar-refractivity contribution in [3.63, 3.8) is 0 Å². The number of carboxylic acid groups (broad SMARTS) is 1. The predicted molar refractivity (Wildman–Crippen MR) is 98.3 cm³/mol. The molecule has 6 nitrogen and oxygen atoms in total. The van der Waals surface area contributed by atoms with E-state index < -0.39 is 11.8 Å². The molecule has 0 atom stereocenters. The topological polar surface area (TPSA) is 86.7 Å². The van der Waals surface area contributed by atoms with Crippen molar-refractivity contribution in [2.45, 2.75) is 25.7 Å². The molecule has 140 valence electrons. The summed E-state index contributed by atoms with van der Waals surface area (Å²) >= 11 is 0. The lowest BCUT2D eigenvalue weighted by atomic mass is 10.0. The Balaban J connectivity index is 1.62. The fourth-order valence-electron chi connectivity index (χ4n) is 3.13. The van der Waals surface area contributed by atoms with Crippen LogP contribution in [-0.2, 0) is 16.0 Å². The van der Waals surface area contributed by atoms with E-state index >= 15 is 0 Å². The maximum Gasteiger partial charge on any atom is 0.335 e. The highest BCUT2D eigenvalue weighted by Crippen LogP contribution is 2.27. The SMILES string of the molecule is O=C(CCc1ccccc1C(=O)O)Nc1ccc(N2CCCC2=O)c(F)c1. The molecule has 7 heteroatoms. The van der Waals surface area contributed by atoms with Gasteiger partial charge >= 0.3 is 5.97 Å². The molecule has 1 heterocycles. The van der Waals surface area contributed by atoms with Crippen molar-refractivity contribution >= 4 is 29.2 Å². The first-order chi connectivity index (χ1) is 13.0. The predicted octanol–water partition coefficient (Wildman–Crippen LogP) is 3.22. The van der Waals surface area contributed by atoms with Gasteiger partial charge in [-0.1, -0.05) is 18.2 Å². The molecule has 0 saturated carbocycles. The summed E-state index contributed by atoms with van der Waals surface area (Å²) in [7, 11) is 0. The molecule has 2 N–H and O–H groups in total. The number of nitrogens with one attached hydrogen (secondary N) is 1. The second kappa shape index (κ2) is 7.99. The van der Waals surface area contributed by atoms with Crippen LogP contribution >= 0.6 is 0 Å². The number of carbonyl (C=O) groups excluding carboxylic acids is 2. The Labute approximate surface area is 155 Å². The van der Waals surface area contributed by atoms with Crippen LogP contribution in [0, 0.1) is 5.82 Å². The van der Waals surface area contributed by atoms with Crippen molar-refractivity contribution < 1.29 is 23.9 Å². The number of benzene rings is 2. The normalized spacial score (nSPS) is 13.7. The van der Waals surface area contributed by atoms with Crippen molar-refractivity contribution in [2.24, 2.45) is 0 Å². The molecular formula is C20H19FN2O4. The number of rotatable bonds is 6. The zero-order valence-corrected chi connectivity index (χ0v) is 14.6. The van der Waals surface area contributed by atoms with Crippen molar-refractivity contribution in [1.82, 2.24) is 0 Å². The van der Waals surface area contributed by atoms with Crippen LogP contribution < -0.4 is 10.2 Å². The first kappa shape index (κ1) is 18.6. The van der Waals surface area contributed by atoms with Gasteiger partial charge < -0.3 is 15.3 Å². The Morgan fingerprint density at radius 1 is 1.19 bits per heavy atom. The maximum absolute atomic E-state index is 14.3. The zero-order chi connectivity index (χ0) is 19.4. The van der Waals surface area contributed by atoms with Crippen LogP contribution in [0.4, 0.5) is 15.8 Å². The smallest absolute Gasteiger partial charge is 0.335 e. The van der Waals surface area contributed by atoms with Crippen molar-refractivity contribution in [1.29, 1.82) is 0 Å². The highest BCUT2D eigenvalue weighted by atomic mass is 19.1. The highest BCUT2D eigenvalue weighted by Gasteiger charge is 2.24. The lowest BCUT2D eigenvalue weighted by Crippen LogP contribution is -2.24. The minimum Gasteiger partial charge on any atom is -0.478 e. The number of hydrogen-bond donors (Lipinski definition) is 2. The van der Waals surface area contributed by atoms with E-state index in [2.05, 4.69) is 5.32 Å². The summed E-state index contributed by atoms with van der Waals surface area (Å²) in [5.41, 5.74) is 1.23. The van der Waals surface area contributed by atoms with Crippen LogP contribution in [0.3, 0.4) is 0 Å². The number of hydrogen-bond acceptors (Lipinski definition) is 3. The Hall–Kier alpha value is -3.22. The third-order valence-electron chi connectivity index (χ3n) is 4.46. The van der Waals surface area contributed by atoms with E-state index in [0.717, 1.165) is 0 Å². The average Bonchev–Trinajstić information content (AvgIpc) is 3.06. The molecule has 1 aliphatic heterocycles. The molecule has 2 aromatic carbocycles. The van der Waals surface area contributed by atoms with Gasteiger partial charge in [-0.3, -0.25) is 9.59 Å². The van der Waals surface area contributed by atoms with E-state index in [1.165, 1.54) is 23.1 Å². The van der Waals surface area contributed by atoms with Crippen molar-refractivity contribution in [3.8, 4) is 0 Å². The van der Waals surface area contributed by atoms with E-state index in [0.29, 0.717) is 30.6 Å². The first-order valence-corrected chi connectivity index (χ1v) is 8.66. The number of carbonyl (C=O) groups is 3. The Bertz CT molecular complexity index is 897. The van der Waals surface area contributed by atoms with Crippen LogP contribution in [0.25, 0.3) is 0 Å². The van der Waals surface area contributed by atoms with Gasteiger partial charge in [-0.15, -0.1) is 0 Å². The summed E-state index contributed by atoms with van der Waals surface area (Å²) < 4.78 is 14.3. The molecule has 0 unspecified atom stereocenters. The minimum atomic E-state index is -1.04. The summed E-state index contributed by atoms with van der Waals surface area (Å²) in [6.45, 7) is 0.491. The minimum absolute atomic E-state index is 0.0677. The quantitative estimate of drug-likeness (QED) is 0.817. The fourth-order valence-corrected chi connectivity index (χ4v) is 3.13. The summed E-state index contributed by atoms with van der Waals surface area (Å²) in [4.78, 5) is 36.5. The third kappa shape index (κ3) is 4.31. The number of aryl methyl sites for hydroxylation is 1. The molecule has 0 bridgehead atoms. The van der Waals surface area contributed by atoms with E-state index in [-0.39, 0.29) is 35.9 Å². The second-order valence-electron chi connectivity index (χ2n) is 6.33. The second-order valence-corrected chi connectivity index (χ2v) is 6.33. The number of aromatic carboxylic acids is 1. The molecule has 1 aliphatic rings. The molecule has 0 aliphatic carbocycles. The molecule has 1 saturated heterocycles. The van der Waals surface area contributed by atoms with E-state index in [1.54, 1.807) is 24.3 Å². The Morgan fingerprint density at radius 2 is 1.96 bits per heavy atom. The van der Waals surface area contributed by atoms with Gasteiger partial charge in [0.1, 0.15) is 5.82 Å². The van der Waals surface area contributed by atoms with E-state index in [9.17, 15) is 18.8 Å². The van der Waals surface area contributed by atoms with Crippen molar-refractivity contribution in [2.75, 3.05) is 16.8 Å². The van der Waals surface area contributed by atoms with Crippen LogP contribution in [0.5, 0.6) is 0 Å². The molecule has 2 amide bonds. The number of nitrogens with zero attached hydrogens (tertiary/aromatic N) is 1. The number of amides is 2. The van der Waals surface area contributed by atoms with Gasteiger partial charge in [0.05, 0.1) is 11.3 Å². The van der Waals surface area contributed by atoms with Crippen molar-refractivity contribution in [3.05, 3.63) is 59.4 Å². The van der Waals surface area contributed by atoms with Crippen LogP contribution in [0.15, 0.2) is 42.5 Å². The summed E-state index contributed by atoms with van der Waals surface area (Å²) in [6.07, 6.45) is 1.44. The third-order valence-corrected chi connectivity index (χ3v) is 4.46. The van der Waals surface area contributed by atoms with E-state index in [1.807, 2.05) is 0 Å². The molecule has 0 radical (unpaired) electrons. The number of anilines is 2. The van der Waals surface area contributed by atoms with Crippen LogP contribution in [0.1, 0.15) is 35.2 Å². The van der Waals surface area contributed by atoms with Gasteiger partial charge in [0.15, 0.2) is 0 Å². The Morgan fingerprint density at radius 3 is 2.63 bits per heavy atom. The number of carboxylic acids is 1. The van der Waals surface area contributed by atoms with Gasteiger partial charge in [0.25, 0.3) is 0 Å². The lowest BCUT2D eigenvalue weighted by Gasteiger charge is -2.17. The fraction of sp³-hybridized carbons (Fsp3) is 0.250. The van der Waals surface area contributed by atoms with Gasteiger partial charge in [0, 0.05) is 25.1 Å². The standard InChI is InChI=1S/C20H19FN2O4/c21-16-12-14(8-9-17(16)23-11-3-6-19(23)25)22-18(24)10-7-13-4-1-2-5-15(13)20(26)27/h1-2,4-5,8-9,12H,3,6-7,10-11H2,(H,22,24)(H,26,27). The van der Waals surface area contributed by atoms with Gasteiger partial charge in [0.2, 0.25) is 11.8 Å². The largest absolute Gasteiger partial charge is 0.478 e.